The van der Waals surface area contributed by atoms with Gasteiger partial charge < -0.3 is 10.1 Å². The van der Waals surface area contributed by atoms with Crippen molar-refractivity contribution in [3.8, 4) is 5.75 Å². The number of ketones is 1. The van der Waals surface area contributed by atoms with Crippen LogP contribution in [0.25, 0.3) is 0 Å². The molecule has 20 heavy (non-hydrogen) atoms. The Labute approximate surface area is 121 Å². The summed E-state index contributed by atoms with van der Waals surface area (Å²) < 4.78 is 5.17. The van der Waals surface area contributed by atoms with E-state index in [1.54, 1.807) is 14.0 Å². The fraction of sp³-hybridized carbons (Fsp3) is 0.588. The van der Waals surface area contributed by atoms with Crippen molar-refractivity contribution < 1.29 is 9.53 Å². The lowest BCUT2D eigenvalue weighted by molar-refractivity contribution is -0.117. The molecule has 1 aliphatic rings. The summed E-state index contributed by atoms with van der Waals surface area (Å²) >= 11 is 0. The molecule has 1 aromatic carbocycles. The predicted molar refractivity (Wildman–Crippen MR) is 82.3 cm³/mol. The first-order valence-corrected chi connectivity index (χ1v) is 7.59. The molecule has 0 heterocycles. The lowest BCUT2D eigenvalue weighted by Gasteiger charge is -2.31. The van der Waals surface area contributed by atoms with Gasteiger partial charge in [0.05, 0.1) is 7.11 Å². The number of carbonyl (C=O) groups excluding carboxylic acids is 1. The summed E-state index contributed by atoms with van der Waals surface area (Å²) in [5.74, 6) is 1.74. The highest BCUT2D eigenvalue weighted by atomic mass is 16.5. The van der Waals surface area contributed by atoms with E-state index in [1.165, 1.54) is 32.1 Å². The molecule has 110 valence electrons. The van der Waals surface area contributed by atoms with E-state index in [-0.39, 0.29) is 11.8 Å². The predicted octanol–water partition coefficient (Wildman–Crippen LogP) is 4.04. The van der Waals surface area contributed by atoms with E-state index in [2.05, 4.69) is 5.32 Å². The lowest BCUT2D eigenvalue weighted by Crippen LogP contribution is -2.32. The minimum Gasteiger partial charge on any atom is -0.497 e. The van der Waals surface area contributed by atoms with Crippen LogP contribution in [0.5, 0.6) is 5.75 Å². The van der Waals surface area contributed by atoms with Crippen molar-refractivity contribution in [2.75, 3.05) is 12.4 Å². The molecule has 0 saturated heterocycles. The van der Waals surface area contributed by atoms with Gasteiger partial charge in [0, 0.05) is 18.2 Å². The summed E-state index contributed by atoms with van der Waals surface area (Å²) in [6, 6.07) is 8.22. The largest absolute Gasteiger partial charge is 0.497 e. The fourth-order valence-electron chi connectivity index (χ4n) is 3.08. The molecule has 1 aliphatic carbocycles. The van der Waals surface area contributed by atoms with Crippen LogP contribution in [0.2, 0.25) is 0 Å². The van der Waals surface area contributed by atoms with E-state index in [0.29, 0.717) is 12.3 Å². The Kier molecular flexibility index (Phi) is 5.45. The van der Waals surface area contributed by atoms with Crippen LogP contribution >= 0.6 is 0 Å². The second-order valence-electron chi connectivity index (χ2n) is 5.78. The molecule has 0 radical (unpaired) electrons. The van der Waals surface area contributed by atoms with Gasteiger partial charge in [-0.15, -0.1) is 0 Å². The van der Waals surface area contributed by atoms with Crippen molar-refractivity contribution in [1.29, 1.82) is 0 Å². The summed E-state index contributed by atoms with van der Waals surface area (Å²) in [4.78, 5) is 11.5. The van der Waals surface area contributed by atoms with Gasteiger partial charge in [-0.2, -0.15) is 0 Å². The summed E-state index contributed by atoms with van der Waals surface area (Å²) in [5.41, 5.74) is 1.07. The van der Waals surface area contributed by atoms with Gasteiger partial charge in [0.25, 0.3) is 0 Å². The van der Waals surface area contributed by atoms with Crippen molar-refractivity contribution >= 4 is 11.5 Å². The molecular weight excluding hydrogens is 250 g/mol. The minimum atomic E-state index is 0.265. The van der Waals surface area contributed by atoms with Crippen LogP contribution in [0.4, 0.5) is 5.69 Å². The summed E-state index contributed by atoms with van der Waals surface area (Å²) in [6.07, 6.45) is 7.03. The molecule has 2 rings (SSSR count). The third-order valence-corrected chi connectivity index (χ3v) is 4.17. The van der Waals surface area contributed by atoms with E-state index in [0.717, 1.165) is 11.4 Å². The Morgan fingerprint density at radius 1 is 1.25 bits per heavy atom. The first-order chi connectivity index (χ1) is 9.69. The molecule has 1 unspecified atom stereocenters. The molecule has 0 aliphatic heterocycles. The molecule has 1 N–H and O–H groups in total. The van der Waals surface area contributed by atoms with Crippen LogP contribution in [0.15, 0.2) is 24.3 Å². The second kappa shape index (κ2) is 7.32. The number of hydrogen-bond acceptors (Lipinski definition) is 3. The highest BCUT2D eigenvalue weighted by Gasteiger charge is 2.24. The average molecular weight is 275 g/mol. The highest BCUT2D eigenvalue weighted by Crippen LogP contribution is 2.30. The molecular formula is C17H25NO2. The number of nitrogens with one attached hydrogen (secondary N) is 1. The molecule has 0 bridgehead atoms. The maximum atomic E-state index is 11.5. The van der Waals surface area contributed by atoms with Crippen LogP contribution in [-0.4, -0.2) is 18.9 Å². The number of benzene rings is 1. The lowest BCUT2D eigenvalue weighted by atomic mass is 9.82. The van der Waals surface area contributed by atoms with Gasteiger partial charge in [0.2, 0.25) is 0 Å². The average Bonchev–Trinajstić information content (AvgIpc) is 2.48. The Morgan fingerprint density at radius 2 is 1.90 bits per heavy atom. The van der Waals surface area contributed by atoms with Gasteiger partial charge in [-0.3, -0.25) is 4.79 Å². The molecule has 0 aromatic heterocycles. The quantitative estimate of drug-likeness (QED) is 0.851. The number of carbonyl (C=O) groups is 1. The van der Waals surface area contributed by atoms with Gasteiger partial charge >= 0.3 is 0 Å². The van der Waals surface area contributed by atoms with Crippen LogP contribution < -0.4 is 10.1 Å². The number of anilines is 1. The third-order valence-electron chi connectivity index (χ3n) is 4.17. The summed E-state index contributed by atoms with van der Waals surface area (Å²) in [5, 5.41) is 3.55. The van der Waals surface area contributed by atoms with Crippen LogP contribution in [0.1, 0.15) is 45.4 Å². The zero-order valence-corrected chi connectivity index (χ0v) is 12.5. The SMILES string of the molecule is COc1ccc(NC(CC(C)=O)C2CCCCC2)cc1. The number of hydrogen-bond donors (Lipinski definition) is 1. The van der Waals surface area contributed by atoms with Crippen molar-refractivity contribution in [3.63, 3.8) is 0 Å². The Hall–Kier alpha value is -1.51. The van der Waals surface area contributed by atoms with Gasteiger partial charge in [0.1, 0.15) is 11.5 Å². The molecule has 1 saturated carbocycles. The summed E-state index contributed by atoms with van der Waals surface area (Å²) in [6.45, 7) is 1.69. The minimum absolute atomic E-state index is 0.265. The molecule has 3 heteroatoms. The number of Topliss-reactive ketones (excluding diaryl/α,β-unsaturated/α-hetero) is 1. The van der Waals surface area contributed by atoms with Crippen LogP contribution in [0.3, 0.4) is 0 Å². The van der Waals surface area contributed by atoms with E-state index in [4.69, 9.17) is 4.74 Å². The first kappa shape index (κ1) is 14.9. The van der Waals surface area contributed by atoms with Crippen molar-refractivity contribution in [1.82, 2.24) is 0 Å². The Balaban J connectivity index is 2.03. The fourth-order valence-corrected chi connectivity index (χ4v) is 3.08. The number of ether oxygens (including phenoxy) is 1. The molecule has 1 aromatic rings. The normalized spacial score (nSPS) is 17.5. The smallest absolute Gasteiger partial charge is 0.131 e. The Morgan fingerprint density at radius 3 is 2.45 bits per heavy atom. The molecule has 1 atom stereocenters. The maximum absolute atomic E-state index is 11.5. The standard InChI is InChI=1S/C17H25NO2/c1-13(19)12-17(14-6-4-3-5-7-14)18-15-8-10-16(20-2)11-9-15/h8-11,14,17-18H,3-7,12H2,1-2H3. The molecule has 0 amide bonds. The second-order valence-corrected chi connectivity index (χ2v) is 5.78. The molecule has 0 spiro atoms. The van der Waals surface area contributed by atoms with E-state index < -0.39 is 0 Å². The summed E-state index contributed by atoms with van der Waals surface area (Å²) in [7, 11) is 1.67. The van der Waals surface area contributed by atoms with Crippen molar-refractivity contribution in [2.24, 2.45) is 5.92 Å². The first-order valence-electron chi connectivity index (χ1n) is 7.59. The highest BCUT2D eigenvalue weighted by molar-refractivity contribution is 5.76. The van der Waals surface area contributed by atoms with Gasteiger partial charge in [-0.1, -0.05) is 19.3 Å². The van der Waals surface area contributed by atoms with E-state index >= 15 is 0 Å². The third kappa shape index (κ3) is 4.26. The van der Waals surface area contributed by atoms with Gasteiger partial charge in [-0.05, 0) is 49.9 Å². The van der Waals surface area contributed by atoms with Crippen molar-refractivity contribution in [2.45, 2.75) is 51.5 Å². The van der Waals surface area contributed by atoms with E-state index in [1.807, 2.05) is 24.3 Å². The van der Waals surface area contributed by atoms with Crippen LogP contribution in [-0.2, 0) is 4.79 Å². The monoisotopic (exact) mass is 275 g/mol. The maximum Gasteiger partial charge on any atom is 0.131 e. The molecule has 3 nitrogen and oxygen atoms in total. The topological polar surface area (TPSA) is 38.3 Å². The zero-order chi connectivity index (χ0) is 14.4. The number of methoxy groups -OCH3 is 1. The number of rotatable bonds is 6. The zero-order valence-electron chi connectivity index (χ0n) is 12.5. The van der Waals surface area contributed by atoms with Crippen molar-refractivity contribution in [3.05, 3.63) is 24.3 Å². The molecule has 1 fully saturated rings. The Bertz CT molecular complexity index is 421. The van der Waals surface area contributed by atoms with Gasteiger partial charge in [0.15, 0.2) is 0 Å². The van der Waals surface area contributed by atoms with E-state index in [9.17, 15) is 4.79 Å². The van der Waals surface area contributed by atoms with Gasteiger partial charge in [-0.25, -0.2) is 0 Å². The van der Waals surface area contributed by atoms with Crippen LogP contribution in [0, 0.1) is 5.92 Å².